The van der Waals surface area contributed by atoms with Gasteiger partial charge in [-0.05, 0) is 36.4 Å². The highest BCUT2D eigenvalue weighted by molar-refractivity contribution is 8.00. The number of carbonyl (C=O) groups is 2. The van der Waals surface area contributed by atoms with Crippen LogP contribution in [0, 0.1) is 0 Å². The SMILES string of the molecule is O=C(CCS(=O)(=O)c1ccc2c(c1)SCC(=O)N2)Nc1cccc(Cl)c1. The second-order valence-electron chi connectivity index (χ2n) is 5.62. The minimum absolute atomic E-state index is 0.115. The largest absolute Gasteiger partial charge is 0.326 e. The molecule has 26 heavy (non-hydrogen) atoms. The smallest absolute Gasteiger partial charge is 0.234 e. The van der Waals surface area contributed by atoms with Crippen molar-refractivity contribution in [1.82, 2.24) is 0 Å². The first-order chi connectivity index (χ1) is 12.3. The third-order valence-electron chi connectivity index (χ3n) is 3.65. The maximum atomic E-state index is 12.5. The van der Waals surface area contributed by atoms with Gasteiger partial charge in [0.15, 0.2) is 9.84 Å². The van der Waals surface area contributed by atoms with Crippen molar-refractivity contribution in [1.29, 1.82) is 0 Å². The number of amides is 2. The standard InChI is InChI=1S/C17H15ClN2O4S2/c18-11-2-1-3-12(8-11)19-16(21)6-7-26(23,24)13-4-5-14-15(9-13)25-10-17(22)20-14/h1-5,8-9H,6-7,10H2,(H,19,21)(H,20,22). The molecule has 2 aromatic carbocycles. The number of benzene rings is 2. The number of anilines is 2. The molecule has 9 heteroatoms. The maximum Gasteiger partial charge on any atom is 0.234 e. The predicted octanol–water partition coefficient (Wildman–Crippen LogP) is 3.19. The van der Waals surface area contributed by atoms with E-state index in [0.29, 0.717) is 21.3 Å². The van der Waals surface area contributed by atoms with E-state index < -0.39 is 15.7 Å². The van der Waals surface area contributed by atoms with Crippen LogP contribution in [0.25, 0.3) is 0 Å². The molecule has 2 amide bonds. The first kappa shape index (κ1) is 18.8. The zero-order valence-corrected chi connectivity index (χ0v) is 15.9. The van der Waals surface area contributed by atoms with Crippen molar-refractivity contribution in [3.63, 3.8) is 0 Å². The van der Waals surface area contributed by atoms with Crippen molar-refractivity contribution in [2.45, 2.75) is 16.2 Å². The number of carbonyl (C=O) groups excluding carboxylic acids is 2. The Morgan fingerprint density at radius 3 is 2.81 bits per heavy atom. The molecule has 0 fully saturated rings. The van der Waals surface area contributed by atoms with Gasteiger partial charge in [0.05, 0.1) is 22.1 Å². The van der Waals surface area contributed by atoms with Crippen LogP contribution in [0.2, 0.25) is 5.02 Å². The van der Waals surface area contributed by atoms with Gasteiger partial charge in [0.25, 0.3) is 0 Å². The van der Waals surface area contributed by atoms with Crippen molar-refractivity contribution in [3.8, 4) is 0 Å². The molecule has 0 radical (unpaired) electrons. The fourth-order valence-electron chi connectivity index (χ4n) is 2.38. The number of fused-ring (bicyclic) bond motifs is 1. The quantitative estimate of drug-likeness (QED) is 0.789. The van der Waals surface area contributed by atoms with Gasteiger partial charge in [-0.3, -0.25) is 9.59 Å². The lowest BCUT2D eigenvalue weighted by atomic mass is 10.3. The number of rotatable bonds is 5. The summed E-state index contributed by atoms with van der Waals surface area (Å²) in [7, 11) is -3.62. The van der Waals surface area contributed by atoms with Gasteiger partial charge in [-0.25, -0.2) is 8.42 Å². The summed E-state index contributed by atoms with van der Waals surface area (Å²) in [5.74, 6) is -0.584. The van der Waals surface area contributed by atoms with Crippen molar-refractivity contribution < 1.29 is 18.0 Å². The van der Waals surface area contributed by atoms with Gasteiger partial charge in [-0.2, -0.15) is 0 Å². The molecule has 136 valence electrons. The van der Waals surface area contributed by atoms with Gasteiger partial charge in [0, 0.05) is 22.0 Å². The number of hydrogen-bond donors (Lipinski definition) is 2. The zero-order valence-electron chi connectivity index (χ0n) is 13.5. The van der Waals surface area contributed by atoms with E-state index in [-0.39, 0.29) is 28.7 Å². The third-order valence-corrected chi connectivity index (χ3v) is 6.66. The number of nitrogens with one attached hydrogen (secondary N) is 2. The molecule has 0 aromatic heterocycles. The molecule has 0 aliphatic carbocycles. The molecule has 3 rings (SSSR count). The van der Waals surface area contributed by atoms with Crippen LogP contribution in [0.5, 0.6) is 0 Å². The molecule has 2 N–H and O–H groups in total. The Hall–Kier alpha value is -2.03. The predicted molar refractivity (Wildman–Crippen MR) is 103 cm³/mol. The minimum atomic E-state index is -3.62. The average molecular weight is 411 g/mol. The van der Waals surface area contributed by atoms with Crippen LogP contribution in [0.15, 0.2) is 52.3 Å². The van der Waals surface area contributed by atoms with Gasteiger partial charge in [-0.15, -0.1) is 11.8 Å². The topological polar surface area (TPSA) is 92.3 Å². The fourth-order valence-corrected chi connectivity index (χ4v) is 4.75. The molecule has 2 aromatic rings. The second-order valence-corrected chi connectivity index (χ2v) is 9.18. The van der Waals surface area contributed by atoms with E-state index in [1.807, 2.05) is 0 Å². The van der Waals surface area contributed by atoms with Crippen LogP contribution in [0.1, 0.15) is 6.42 Å². The van der Waals surface area contributed by atoms with Gasteiger partial charge in [0.2, 0.25) is 11.8 Å². The van der Waals surface area contributed by atoms with E-state index >= 15 is 0 Å². The van der Waals surface area contributed by atoms with Crippen molar-refractivity contribution in [2.24, 2.45) is 0 Å². The lowest BCUT2D eigenvalue weighted by molar-refractivity contribution is -0.116. The van der Waals surface area contributed by atoms with Gasteiger partial charge in [-0.1, -0.05) is 17.7 Å². The maximum absolute atomic E-state index is 12.5. The van der Waals surface area contributed by atoms with Gasteiger partial charge < -0.3 is 10.6 Å². The molecule has 0 unspecified atom stereocenters. The number of hydrogen-bond acceptors (Lipinski definition) is 5. The van der Waals surface area contributed by atoms with Crippen LogP contribution in [-0.4, -0.2) is 31.7 Å². The Kier molecular flexibility index (Phi) is 5.55. The number of thioether (sulfide) groups is 1. The first-order valence-electron chi connectivity index (χ1n) is 7.68. The van der Waals surface area contributed by atoms with Crippen molar-refractivity contribution in [2.75, 3.05) is 22.1 Å². The Labute approximate surface area is 160 Å². The molecule has 0 bridgehead atoms. The molecule has 1 heterocycles. The van der Waals surface area contributed by atoms with Crippen molar-refractivity contribution >= 4 is 56.4 Å². The number of sulfone groups is 1. The molecule has 0 saturated carbocycles. The minimum Gasteiger partial charge on any atom is -0.326 e. The molecule has 1 aliphatic heterocycles. The molecule has 0 spiro atoms. The van der Waals surface area contributed by atoms with Gasteiger partial charge in [0.1, 0.15) is 0 Å². The third kappa shape index (κ3) is 4.57. The normalized spacial score (nSPS) is 13.7. The zero-order chi connectivity index (χ0) is 18.7. The summed E-state index contributed by atoms with van der Waals surface area (Å²) < 4.78 is 25.0. The van der Waals surface area contributed by atoms with Crippen LogP contribution < -0.4 is 10.6 Å². The highest BCUT2D eigenvalue weighted by Gasteiger charge is 2.21. The second kappa shape index (κ2) is 7.69. The van der Waals surface area contributed by atoms with E-state index in [0.717, 1.165) is 0 Å². The Balaban J connectivity index is 1.65. The Morgan fingerprint density at radius 2 is 2.04 bits per heavy atom. The molecule has 6 nitrogen and oxygen atoms in total. The summed E-state index contributed by atoms with van der Waals surface area (Å²) in [4.78, 5) is 24.2. The number of halogens is 1. The fraction of sp³-hybridized carbons (Fsp3) is 0.176. The van der Waals surface area contributed by atoms with E-state index in [2.05, 4.69) is 10.6 Å². The monoisotopic (exact) mass is 410 g/mol. The van der Waals surface area contributed by atoms with Crippen LogP contribution in [-0.2, 0) is 19.4 Å². The summed E-state index contributed by atoms with van der Waals surface area (Å²) in [6, 6.07) is 11.2. The van der Waals surface area contributed by atoms with Crippen LogP contribution in [0.3, 0.4) is 0 Å². The highest BCUT2D eigenvalue weighted by atomic mass is 35.5. The molecule has 1 aliphatic rings. The molecular formula is C17H15ClN2O4S2. The molecular weight excluding hydrogens is 396 g/mol. The van der Waals surface area contributed by atoms with Gasteiger partial charge >= 0.3 is 0 Å². The van der Waals surface area contributed by atoms with E-state index in [1.54, 1.807) is 30.3 Å². The van der Waals surface area contributed by atoms with E-state index in [4.69, 9.17) is 11.6 Å². The summed E-state index contributed by atoms with van der Waals surface area (Å²) in [6.45, 7) is 0. The summed E-state index contributed by atoms with van der Waals surface area (Å²) in [5.41, 5.74) is 1.12. The lowest BCUT2D eigenvalue weighted by Crippen LogP contribution is -2.20. The summed E-state index contributed by atoms with van der Waals surface area (Å²) in [5, 5.41) is 5.79. The Morgan fingerprint density at radius 1 is 1.23 bits per heavy atom. The van der Waals surface area contributed by atoms with E-state index in [9.17, 15) is 18.0 Å². The summed E-state index contributed by atoms with van der Waals surface area (Å²) >= 11 is 7.14. The molecule has 0 atom stereocenters. The first-order valence-corrected chi connectivity index (χ1v) is 10.7. The summed E-state index contributed by atoms with van der Waals surface area (Å²) in [6.07, 6.45) is -0.171. The van der Waals surface area contributed by atoms with Crippen LogP contribution in [0.4, 0.5) is 11.4 Å². The molecule has 0 saturated heterocycles. The Bertz CT molecular complexity index is 976. The van der Waals surface area contributed by atoms with E-state index in [1.165, 1.54) is 23.9 Å². The van der Waals surface area contributed by atoms with Crippen LogP contribution >= 0.6 is 23.4 Å². The average Bonchev–Trinajstić information content (AvgIpc) is 2.59. The lowest BCUT2D eigenvalue weighted by Gasteiger charge is -2.17. The van der Waals surface area contributed by atoms with Crippen molar-refractivity contribution in [3.05, 3.63) is 47.5 Å². The highest BCUT2D eigenvalue weighted by Crippen LogP contribution is 2.33.